The molecule has 18 heavy (non-hydrogen) atoms. The molecule has 0 aliphatic rings. The van der Waals surface area contributed by atoms with E-state index in [4.69, 9.17) is 5.73 Å². The molecule has 0 bridgehead atoms. The lowest BCUT2D eigenvalue weighted by atomic mass is 10.2. The highest BCUT2D eigenvalue weighted by atomic mass is 19.1. The Hall–Kier alpha value is -2.08. The minimum Gasteiger partial charge on any atom is -0.325 e. The highest BCUT2D eigenvalue weighted by Gasteiger charge is 2.11. The minimum atomic E-state index is -0.626. The van der Waals surface area contributed by atoms with Gasteiger partial charge in [0.1, 0.15) is 23.0 Å². The van der Waals surface area contributed by atoms with Gasteiger partial charge in [0, 0.05) is 24.4 Å². The number of aryl methyl sites for hydroxylation is 1. The molecule has 2 N–H and O–H groups in total. The lowest BCUT2D eigenvalue weighted by Gasteiger charge is -2.11. The molecule has 0 radical (unpaired) electrons. The van der Waals surface area contributed by atoms with Crippen LogP contribution in [0.4, 0.5) is 8.78 Å². The van der Waals surface area contributed by atoms with Gasteiger partial charge in [0.25, 0.3) is 0 Å². The molecule has 0 saturated carbocycles. The van der Waals surface area contributed by atoms with Gasteiger partial charge in [0.05, 0.1) is 0 Å². The summed E-state index contributed by atoms with van der Waals surface area (Å²) in [6.45, 7) is 1.52. The minimum absolute atomic E-state index is 0.0535. The quantitative estimate of drug-likeness (QED) is 0.874. The van der Waals surface area contributed by atoms with Crippen LogP contribution in [0.2, 0.25) is 0 Å². The van der Waals surface area contributed by atoms with Crippen LogP contribution in [0.25, 0.3) is 5.69 Å². The van der Waals surface area contributed by atoms with Crippen LogP contribution in [0.15, 0.2) is 29.1 Å². The maximum absolute atomic E-state index is 13.6. The van der Waals surface area contributed by atoms with Crippen molar-refractivity contribution in [2.24, 2.45) is 5.73 Å². The van der Waals surface area contributed by atoms with Crippen molar-refractivity contribution in [1.82, 2.24) is 9.78 Å². The molecule has 1 aromatic carbocycles. The number of aromatic nitrogens is 2. The highest BCUT2D eigenvalue weighted by molar-refractivity contribution is 5.34. The Morgan fingerprint density at radius 2 is 2.06 bits per heavy atom. The average molecular weight is 251 g/mol. The lowest BCUT2D eigenvalue weighted by molar-refractivity contribution is 0.580. The Labute approximate surface area is 102 Å². The van der Waals surface area contributed by atoms with E-state index < -0.39 is 11.6 Å². The summed E-state index contributed by atoms with van der Waals surface area (Å²) in [5, 5.41) is 3.93. The van der Waals surface area contributed by atoms with E-state index in [1.807, 2.05) is 0 Å². The smallest absolute Gasteiger partial charge is 0.204 e. The molecule has 0 fully saturated rings. The zero-order valence-electron chi connectivity index (χ0n) is 9.65. The van der Waals surface area contributed by atoms with E-state index in [9.17, 15) is 13.6 Å². The molecule has 0 aliphatic carbocycles. The molecule has 0 saturated heterocycles. The first-order valence-electron chi connectivity index (χ1n) is 5.28. The number of nitrogens with two attached hydrogens (primary N) is 1. The van der Waals surface area contributed by atoms with E-state index in [1.165, 1.54) is 10.7 Å². The zero-order valence-corrected chi connectivity index (χ0v) is 9.65. The monoisotopic (exact) mass is 251 g/mol. The Morgan fingerprint density at radius 1 is 1.33 bits per heavy atom. The van der Waals surface area contributed by atoms with E-state index in [0.717, 1.165) is 18.2 Å². The summed E-state index contributed by atoms with van der Waals surface area (Å²) in [7, 11) is 0. The van der Waals surface area contributed by atoms with Gasteiger partial charge in [-0.1, -0.05) is 0 Å². The van der Waals surface area contributed by atoms with Crippen molar-refractivity contribution in [1.29, 1.82) is 0 Å². The number of halogens is 2. The lowest BCUT2D eigenvalue weighted by Crippen LogP contribution is -2.21. The first kappa shape index (κ1) is 12.4. The summed E-state index contributed by atoms with van der Waals surface area (Å²) in [4.78, 5) is 11.5. The van der Waals surface area contributed by atoms with Gasteiger partial charge in [-0.15, -0.1) is 0 Å². The standard InChI is InChI=1S/C12H11F2N3O/c1-7-4-12(18)10(6-15)16-17(7)11-5-8(13)2-3-9(11)14/h2-5H,6,15H2,1H3. The molecular weight excluding hydrogens is 240 g/mol. The second-order valence-electron chi connectivity index (χ2n) is 3.81. The molecule has 0 aliphatic heterocycles. The molecule has 1 heterocycles. The van der Waals surface area contributed by atoms with Crippen molar-refractivity contribution in [3.63, 3.8) is 0 Å². The van der Waals surface area contributed by atoms with Crippen LogP contribution in [0.5, 0.6) is 0 Å². The zero-order chi connectivity index (χ0) is 13.3. The van der Waals surface area contributed by atoms with Crippen LogP contribution in [0, 0.1) is 18.6 Å². The van der Waals surface area contributed by atoms with E-state index >= 15 is 0 Å². The van der Waals surface area contributed by atoms with Gasteiger partial charge in [0.15, 0.2) is 0 Å². The van der Waals surface area contributed by atoms with Crippen molar-refractivity contribution >= 4 is 0 Å². The van der Waals surface area contributed by atoms with Gasteiger partial charge < -0.3 is 5.73 Å². The maximum atomic E-state index is 13.6. The third-order valence-electron chi connectivity index (χ3n) is 2.51. The molecule has 0 spiro atoms. The fourth-order valence-electron chi connectivity index (χ4n) is 1.62. The van der Waals surface area contributed by atoms with E-state index in [1.54, 1.807) is 6.92 Å². The van der Waals surface area contributed by atoms with Gasteiger partial charge in [-0.3, -0.25) is 4.79 Å². The van der Waals surface area contributed by atoms with Gasteiger partial charge in [-0.25, -0.2) is 13.5 Å². The maximum Gasteiger partial charge on any atom is 0.204 e. The topological polar surface area (TPSA) is 60.9 Å². The van der Waals surface area contributed by atoms with Gasteiger partial charge in [0.2, 0.25) is 5.43 Å². The SMILES string of the molecule is Cc1cc(=O)c(CN)nn1-c1cc(F)ccc1F. The average Bonchev–Trinajstić information content (AvgIpc) is 2.33. The highest BCUT2D eigenvalue weighted by Crippen LogP contribution is 2.15. The van der Waals surface area contributed by atoms with Crippen molar-refractivity contribution < 1.29 is 8.78 Å². The van der Waals surface area contributed by atoms with Crippen LogP contribution in [0.3, 0.4) is 0 Å². The van der Waals surface area contributed by atoms with Crippen LogP contribution in [0.1, 0.15) is 11.4 Å². The Morgan fingerprint density at radius 3 is 2.72 bits per heavy atom. The summed E-state index contributed by atoms with van der Waals surface area (Å²) >= 11 is 0. The molecule has 6 heteroatoms. The molecule has 0 atom stereocenters. The van der Waals surface area contributed by atoms with Crippen LogP contribution in [-0.2, 0) is 6.54 Å². The third-order valence-corrected chi connectivity index (χ3v) is 2.51. The van der Waals surface area contributed by atoms with Crippen LogP contribution < -0.4 is 11.2 Å². The second-order valence-corrected chi connectivity index (χ2v) is 3.81. The van der Waals surface area contributed by atoms with Gasteiger partial charge in [-0.2, -0.15) is 5.10 Å². The normalized spacial score (nSPS) is 10.7. The summed E-state index contributed by atoms with van der Waals surface area (Å²) in [6, 6.07) is 4.33. The van der Waals surface area contributed by atoms with Gasteiger partial charge in [-0.05, 0) is 19.1 Å². The van der Waals surface area contributed by atoms with E-state index in [-0.39, 0.29) is 23.4 Å². The fourth-order valence-corrected chi connectivity index (χ4v) is 1.62. The summed E-state index contributed by atoms with van der Waals surface area (Å²) in [6.07, 6.45) is 0. The summed E-state index contributed by atoms with van der Waals surface area (Å²) < 4.78 is 27.9. The molecule has 4 nitrogen and oxygen atoms in total. The second kappa shape index (κ2) is 4.66. The molecular formula is C12H11F2N3O. The summed E-state index contributed by atoms with van der Waals surface area (Å²) in [5.41, 5.74) is 5.51. The molecule has 0 amide bonds. The molecule has 94 valence electrons. The first-order chi connectivity index (χ1) is 8.52. The molecule has 2 rings (SSSR count). The Bertz CT molecular complexity index is 652. The Kier molecular flexibility index (Phi) is 3.20. The van der Waals surface area contributed by atoms with Gasteiger partial charge >= 0.3 is 0 Å². The van der Waals surface area contributed by atoms with Crippen molar-refractivity contribution in [2.45, 2.75) is 13.5 Å². The first-order valence-corrected chi connectivity index (χ1v) is 5.28. The number of rotatable bonds is 2. The van der Waals surface area contributed by atoms with Crippen LogP contribution in [-0.4, -0.2) is 9.78 Å². The van der Waals surface area contributed by atoms with Crippen molar-refractivity contribution in [3.8, 4) is 5.69 Å². The predicted molar refractivity (Wildman–Crippen MR) is 62.4 cm³/mol. The molecule has 0 unspecified atom stereocenters. The number of benzene rings is 1. The van der Waals surface area contributed by atoms with Crippen LogP contribution >= 0.6 is 0 Å². The predicted octanol–water partition coefficient (Wildman–Crippen LogP) is 1.28. The number of nitrogens with zero attached hydrogens (tertiary/aromatic N) is 2. The fraction of sp³-hybridized carbons (Fsp3) is 0.167. The number of hydrogen-bond acceptors (Lipinski definition) is 3. The van der Waals surface area contributed by atoms with Crippen molar-refractivity contribution in [3.05, 3.63) is 57.5 Å². The van der Waals surface area contributed by atoms with E-state index in [2.05, 4.69) is 5.10 Å². The van der Waals surface area contributed by atoms with E-state index in [0.29, 0.717) is 5.69 Å². The largest absolute Gasteiger partial charge is 0.325 e. The van der Waals surface area contributed by atoms with Crippen molar-refractivity contribution in [2.75, 3.05) is 0 Å². The molecule has 2 aromatic rings. The number of hydrogen-bond donors (Lipinski definition) is 1. The summed E-state index contributed by atoms with van der Waals surface area (Å²) in [5.74, 6) is -1.21. The molecule has 1 aromatic heterocycles. The Balaban J connectivity index is 2.70. The third kappa shape index (κ3) is 2.14.